The molecule has 13 heavy (non-hydrogen) atoms. The van der Waals surface area contributed by atoms with Gasteiger partial charge in [-0.3, -0.25) is 0 Å². The molecule has 1 N–H and O–H groups in total. The molecular formula is C9H18N4. The Labute approximate surface area is 79.4 Å². The molecule has 1 heterocycles. The first-order valence-corrected chi connectivity index (χ1v) is 4.65. The molecule has 4 nitrogen and oxygen atoms in total. The van der Waals surface area contributed by atoms with Gasteiger partial charge in [0.15, 0.2) is 0 Å². The molecule has 0 saturated carbocycles. The van der Waals surface area contributed by atoms with Crippen LogP contribution in [0.15, 0.2) is 6.33 Å². The summed E-state index contributed by atoms with van der Waals surface area (Å²) in [7, 11) is 0. The molecule has 1 aromatic rings. The van der Waals surface area contributed by atoms with Gasteiger partial charge in [0.05, 0.1) is 12.1 Å². The van der Waals surface area contributed by atoms with E-state index < -0.39 is 0 Å². The lowest BCUT2D eigenvalue weighted by Crippen LogP contribution is -2.28. The van der Waals surface area contributed by atoms with E-state index in [-0.39, 0.29) is 5.54 Å². The molecule has 0 fully saturated rings. The maximum absolute atomic E-state index is 4.21. The Morgan fingerprint density at radius 1 is 1.46 bits per heavy atom. The van der Waals surface area contributed by atoms with Crippen LogP contribution in [0.5, 0.6) is 0 Å². The average Bonchev–Trinajstić information content (AvgIpc) is 2.47. The summed E-state index contributed by atoms with van der Waals surface area (Å²) in [6.07, 6.45) is 1.61. The summed E-state index contributed by atoms with van der Waals surface area (Å²) in [5.41, 5.74) is 0.0151. The molecule has 0 saturated heterocycles. The lowest BCUT2D eigenvalue weighted by Gasteiger charge is -2.21. The third-order valence-corrected chi connectivity index (χ3v) is 1.79. The summed E-state index contributed by atoms with van der Waals surface area (Å²) in [5, 5.41) is 7.45. The Morgan fingerprint density at radius 2 is 2.15 bits per heavy atom. The summed E-state index contributed by atoms with van der Waals surface area (Å²) in [4.78, 5) is 4.21. The van der Waals surface area contributed by atoms with Crippen molar-refractivity contribution in [2.45, 2.75) is 39.8 Å². The summed E-state index contributed by atoms with van der Waals surface area (Å²) in [5.74, 6) is 0.995. The molecule has 0 bridgehead atoms. The molecule has 0 aliphatic rings. The van der Waals surface area contributed by atoms with Gasteiger partial charge in [0.1, 0.15) is 12.2 Å². The second-order valence-electron chi connectivity index (χ2n) is 4.04. The largest absolute Gasteiger partial charge is 0.310 e. The van der Waals surface area contributed by atoms with Crippen LogP contribution in [-0.4, -0.2) is 21.3 Å². The predicted molar refractivity (Wildman–Crippen MR) is 52.4 cm³/mol. The maximum Gasteiger partial charge on any atom is 0.141 e. The van der Waals surface area contributed by atoms with Crippen LogP contribution in [0, 0.1) is 0 Å². The molecule has 0 spiro atoms. The molecule has 0 amide bonds. The monoisotopic (exact) mass is 182 g/mol. The van der Waals surface area contributed by atoms with Gasteiger partial charge in [0.2, 0.25) is 0 Å². The van der Waals surface area contributed by atoms with Crippen molar-refractivity contribution >= 4 is 0 Å². The molecule has 0 aliphatic heterocycles. The molecule has 0 atom stereocenters. The van der Waals surface area contributed by atoms with E-state index in [1.807, 2.05) is 4.68 Å². The van der Waals surface area contributed by atoms with Gasteiger partial charge < -0.3 is 5.32 Å². The Hall–Kier alpha value is -0.900. The minimum atomic E-state index is 0.0151. The average molecular weight is 182 g/mol. The maximum atomic E-state index is 4.21. The van der Waals surface area contributed by atoms with E-state index in [1.54, 1.807) is 6.33 Å². The lowest BCUT2D eigenvalue weighted by molar-refractivity contribution is 0.338. The van der Waals surface area contributed by atoms with Crippen LogP contribution in [0.2, 0.25) is 0 Å². The van der Waals surface area contributed by atoms with Gasteiger partial charge in [0, 0.05) is 0 Å². The van der Waals surface area contributed by atoms with Gasteiger partial charge in [-0.2, -0.15) is 5.10 Å². The zero-order chi connectivity index (χ0) is 9.90. The van der Waals surface area contributed by atoms with E-state index in [0.717, 1.165) is 18.9 Å². The van der Waals surface area contributed by atoms with Crippen molar-refractivity contribution in [3.05, 3.63) is 12.2 Å². The smallest absolute Gasteiger partial charge is 0.141 e. The van der Waals surface area contributed by atoms with E-state index in [2.05, 4.69) is 43.1 Å². The van der Waals surface area contributed by atoms with Gasteiger partial charge in [-0.05, 0) is 27.3 Å². The van der Waals surface area contributed by atoms with Gasteiger partial charge in [-0.25, -0.2) is 9.67 Å². The minimum Gasteiger partial charge on any atom is -0.310 e. The lowest BCUT2D eigenvalue weighted by atomic mass is 10.1. The van der Waals surface area contributed by atoms with E-state index in [9.17, 15) is 0 Å². The molecule has 4 heteroatoms. The van der Waals surface area contributed by atoms with E-state index in [4.69, 9.17) is 0 Å². The highest BCUT2D eigenvalue weighted by Crippen LogP contribution is 2.13. The van der Waals surface area contributed by atoms with Crippen LogP contribution in [0.1, 0.15) is 33.5 Å². The standard InChI is InChI=1S/C9H18N4/c1-5-10-6-8-11-7-12-13(8)9(2,3)4/h7,10H,5-6H2,1-4H3. The van der Waals surface area contributed by atoms with Crippen molar-refractivity contribution in [2.24, 2.45) is 0 Å². The van der Waals surface area contributed by atoms with Crippen molar-refractivity contribution < 1.29 is 0 Å². The van der Waals surface area contributed by atoms with Gasteiger partial charge in [0.25, 0.3) is 0 Å². The number of nitrogens with zero attached hydrogens (tertiary/aromatic N) is 3. The van der Waals surface area contributed by atoms with Crippen LogP contribution in [0.4, 0.5) is 0 Å². The molecule has 0 aromatic carbocycles. The Balaban J connectivity index is 2.77. The molecule has 1 rings (SSSR count). The summed E-state index contributed by atoms with van der Waals surface area (Å²) in [6, 6.07) is 0. The summed E-state index contributed by atoms with van der Waals surface area (Å²) >= 11 is 0. The predicted octanol–water partition coefficient (Wildman–Crippen LogP) is 1.14. The minimum absolute atomic E-state index is 0.0151. The molecule has 0 radical (unpaired) electrons. The third kappa shape index (κ3) is 2.52. The number of rotatable bonds is 3. The van der Waals surface area contributed by atoms with Crippen molar-refractivity contribution in [3.63, 3.8) is 0 Å². The topological polar surface area (TPSA) is 42.7 Å². The van der Waals surface area contributed by atoms with Crippen LogP contribution in [-0.2, 0) is 12.1 Å². The van der Waals surface area contributed by atoms with Crippen molar-refractivity contribution in [1.82, 2.24) is 20.1 Å². The van der Waals surface area contributed by atoms with Crippen LogP contribution >= 0.6 is 0 Å². The van der Waals surface area contributed by atoms with Crippen molar-refractivity contribution in [3.8, 4) is 0 Å². The van der Waals surface area contributed by atoms with E-state index >= 15 is 0 Å². The fourth-order valence-corrected chi connectivity index (χ4v) is 1.18. The van der Waals surface area contributed by atoms with Crippen molar-refractivity contribution in [1.29, 1.82) is 0 Å². The highest BCUT2D eigenvalue weighted by Gasteiger charge is 2.17. The van der Waals surface area contributed by atoms with Crippen LogP contribution in [0.25, 0.3) is 0 Å². The fourth-order valence-electron chi connectivity index (χ4n) is 1.18. The van der Waals surface area contributed by atoms with Gasteiger partial charge >= 0.3 is 0 Å². The number of hydrogen-bond acceptors (Lipinski definition) is 3. The molecular weight excluding hydrogens is 164 g/mol. The number of nitrogens with one attached hydrogen (secondary N) is 1. The van der Waals surface area contributed by atoms with E-state index in [1.165, 1.54) is 0 Å². The third-order valence-electron chi connectivity index (χ3n) is 1.79. The number of hydrogen-bond donors (Lipinski definition) is 1. The van der Waals surface area contributed by atoms with Crippen LogP contribution in [0.3, 0.4) is 0 Å². The van der Waals surface area contributed by atoms with Crippen LogP contribution < -0.4 is 5.32 Å². The first kappa shape index (κ1) is 10.2. The van der Waals surface area contributed by atoms with Gasteiger partial charge in [-0.15, -0.1) is 0 Å². The Kier molecular flexibility index (Phi) is 3.03. The number of aromatic nitrogens is 3. The molecule has 0 unspecified atom stereocenters. The molecule has 74 valence electrons. The Morgan fingerprint density at radius 3 is 2.69 bits per heavy atom. The highest BCUT2D eigenvalue weighted by molar-refractivity contribution is 4.89. The quantitative estimate of drug-likeness (QED) is 0.762. The zero-order valence-electron chi connectivity index (χ0n) is 8.83. The normalized spacial score (nSPS) is 12.0. The first-order valence-electron chi connectivity index (χ1n) is 4.65. The first-order chi connectivity index (χ1) is 6.05. The molecule has 1 aromatic heterocycles. The summed E-state index contributed by atoms with van der Waals surface area (Å²) in [6.45, 7) is 10.2. The SMILES string of the molecule is CCNCc1ncnn1C(C)(C)C. The summed E-state index contributed by atoms with van der Waals surface area (Å²) < 4.78 is 1.95. The zero-order valence-corrected chi connectivity index (χ0v) is 8.83. The van der Waals surface area contributed by atoms with Gasteiger partial charge in [-0.1, -0.05) is 6.92 Å². The Bertz CT molecular complexity index is 259. The highest BCUT2D eigenvalue weighted by atomic mass is 15.4. The van der Waals surface area contributed by atoms with E-state index in [0.29, 0.717) is 0 Å². The molecule has 0 aliphatic carbocycles. The second kappa shape index (κ2) is 3.87. The van der Waals surface area contributed by atoms with Crippen molar-refractivity contribution in [2.75, 3.05) is 6.54 Å². The fraction of sp³-hybridized carbons (Fsp3) is 0.778. The second-order valence-corrected chi connectivity index (χ2v) is 4.04.